The molecule has 0 aliphatic heterocycles. The summed E-state index contributed by atoms with van der Waals surface area (Å²) in [6.45, 7) is 3.13. The van der Waals surface area contributed by atoms with Gasteiger partial charge in [0.2, 0.25) is 0 Å². The van der Waals surface area contributed by atoms with Crippen LogP contribution in [0.2, 0.25) is 0 Å². The van der Waals surface area contributed by atoms with Gasteiger partial charge < -0.3 is 20.4 Å². The maximum Gasteiger partial charge on any atom is 0.257 e. The Bertz CT molecular complexity index is 1220. The number of carbonyl (C=O) groups is 1. The van der Waals surface area contributed by atoms with E-state index in [9.17, 15) is 4.79 Å². The molecule has 0 aliphatic carbocycles. The van der Waals surface area contributed by atoms with E-state index in [1.807, 2.05) is 53.1 Å². The number of benzene rings is 2. The molecule has 4 rings (SSSR count). The number of para-hydroxylation sites is 3. The zero-order chi connectivity index (χ0) is 21.1. The van der Waals surface area contributed by atoms with Gasteiger partial charge in [-0.1, -0.05) is 43.7 Å². The van der Waals surface area contributed by atoms with Crippen molar-refractivity contribution in [3.05, 3.63) is 59.7 Å². The molecule has 2 aromatic carbocycles. The lowest BCUT2D eigenvalue weighted by Gasteiger charge is -2.10. The Labute approximate surface area is 174 Å². The molecule has 2 heterocycles. The number of anilines is 1. The Morgan fingerprint density at radius 3 is 2.53 bits per heavy atom. The van der Waals surface area contributed by atoms with Crippen molar-refractivity contribution in [2.75, 3.05) is 12.8 Å². The number of nitrogens with one attached hydrogen (secondary N) is 1. The van der Waals surface area contributed by atoms with Crippen molar-refractivity contribution in [1.29, 1.82) is 0 Å². The average Bonchev–Trinajstić information content (AvgIpc) is 3.04. The molecular weight excluding hydrogens is 378 g/mol. The zero-order valence-electron chi connectivity index (χ0n) is 17.2. The van der Waals surface area contributed by atoms with Gasteiger partial charge in [0, 0.05) is 18.7 Å². The summed E-state index contributed by atoms with van der Waals surface area (Å²) in [5, 5.41) is 2.96. The van der Waals surface area contributed by atoms with Crippen molar-refractivity contribution >= 4 is 33.9 Å². The maximum atomic E-state index is 13.2. The van der Waals surface area contributed by atoms with Crippen LogP contribution < -0.4 is 15.8 Å². The van der Waals surface area contributed by atoms with Crippen molar-refractivity contribution in [2.24, 2.45) is 0 Å². The number of nitrogens with zero attached hydrogens (tertiary/aromatic N) is 3. The van der Waals surface area contributed by atoms with Crippen molar-refractivity contribution in [1.82, 2.24) is 19.9 Å². The van der Waals surface area contributed by atoms with Gasteiger partial charge in [0.1, 0.15) is 22.6 Å². The van der Waals surface area contributed by atoms with E-state index in [1.54, 1.807) is 7.11 Å². The number of hydrogen-bond acceptors (Lipinski definition) is 5. The number of hydrogen-bond donors (Lipinski definition) is 2. The van der Waals surface area contributed by atoms with E-state index in [-0.39, 0.29) is 5.91 Å². The van der Waals surface area contributed by atoms with E-state index in [2.05, 4.69) is 12.2 Å². The average molecular weight is 403 g/mol. The SMILES string of the molecule is CCCCn1c(N)c(C(=O)NCc2ccccc2OC)c2nc3ccccc3nc21. The fraction of sp³-hybridized carbons (Fsp3) is 0.261. The molecule has 1 amide bonds. The minimum absolute atomic E-state index is 0.275. The van der Waals surface area contributed by atoms with Gasteiger partial charge >= 0.3 is 0 Å². The van der Waals surface area contributed by atoms with E-state index < -0.39 is 0 Å². The zero-order valence-corrected chi connectivity index (χ0v) is 17.2. The van der Waals surface area contributed by atoms with Crippen LogP contribution in [0.15, 0.2) is 48.5 Å². The third kappa shape index (κ3) is 3.54. The van der Waals surface area contributed by atoms with Crippen LogP contribution in [0.3, 0.4) is 0 Å². The number of aryl methyl sites for hydroxylation is 1. The lowest BCUT2D eigenvalue weighted by Crippen LogP contribution is -2.24. The molecule has 0 saturated heterocycles. The van der Waals surface area contributed by atoms with Crippen LogP contribution in [-0.4, -0.2) is 27.6 Å². The first-order chi connectivity index (χ1) is 14.6. The summed E-state index contributed by atoms with van der Waals surface area (Å²) < 4.78 is 7.27. The molecule has 4 aromatic rings. The Hall–Kier alpha value is -3.61. The van der Waals surface area contributed by atoms with E-state index in [0.717, 1.165) is 35.2 Å². The molecule has 0 fully saturated rings. The smallest absolute Gasteiger partial charge is 0.257 e. The monoisotopic (exact) mass is 403 g/mol. The third-order valence-corrected chi connectivity index (χ3v) is 5.19. The molecule has 30 heavy (non-hydrogen) atoms. The molecule has 154 valence electrons. The minimum atomic E-state index is -0.275. The van der Waals surface area contributed by atoms with Crippen molar-refractivity contribution in [3.8, 4) is 5.75 Å². The summed E-state index contributed by atoms with van der Waals surface area (Å²) in [6, 6.07) is 15.2. The van der Waals surface area contributed by atoms with E-state index in [4.69, 9.17) is 20.4 Å². The van der Waals surface area contributed by atoms with Gasteiger partial charge in [-0.3, -0.25) is 4.79 Å². The van der Waals surface area contributed by atoms with Gasteiger partial charge in [0.15, 0.2) is 5.65 Å². The van der Waals surface area contributed by atoms with Crippen LogP contribution in [-0.2, 0) is 13.1 Å². The number of rotatable bonds is 7. The van der Waals surface area contributed by atoms with Gasteiger partial charge in [-0.2, -0.15) is 0 Å². The molecule has 0 atom stereocenters. The fourth-order valence-corrected chi connectivity index (χ4v) is 3.60. The standard InChI is InChI=1S/C23H25N5O2/c1-3-4-13-28-21(24)19(20-22(28)27-17-11-7-6-10-16(17)26-20)23(29)25-14-15-9-5-8-12-18(15)30-2/h5-12H,3-4,13-14,24H2,1-2H3,(H,25,29). The van der Waals surface area contributed by atoms with Gasteiger partial charge in [0.25, 0.3) is 5.91 Å². The molecule has 0 spiro atoms. The summed E-state index contributed by atoms with van der Waals surface area (Å²) >= 11 is 0. The Morgan fingerprint density at radius 1 is 1.10 bits per heavy atom. The topological polar surface area (TPSA) is 95.1 Å². The third-order valence-electron chi connectivity index (χ3n) is 5.19. The highest BCUT2D eigenvalue weighted by atomic mass is 16.5. The van der Waals surface area contributed by atoms with Gasteiger partial charge in [0.05, 0.1) is 18.1 Å². The molecule has 0 saturated carbocycles. The van der Waals surface area contributed by atoms with Gasteiger partial charge in [-0.05, 0) is 24.6 Å². The maximum absolute atomic E-state index is 13.2. The molecule has 7 heteroatoms. The van der Waals surface area contributed by atoms with Crippen molar-refractivity contribution in [2.45, 2.75) is 32.9 Å². The normalized spacial score (nSPS) is 11.1. The summed E-state index contributed by atoms with van der Waals surface area (Å²) in [7, 11) is 1.61. The number of methoxy groups -OCH3 is 1. The van der Waals surface area contributed by atoms with E-state index in [0.29, 0.717) is 35.6 Å². The molecule has 0 aliphatic rings. The van der Waals surface area contributed by atoms with E-state index in [1.165, 1.54) is 0 Å². The second-order valence-corrected chi connectivity index (χ2v) is 7.14. The van der Waals surface area contributed by atoms with Gasteiger partial charge in [-0.15, -0.1) is 0 Å². The van der Waals surface area contributed by atoms with Crippen LogP contribution in [0.25, 0.3) is 22.2 Å². The predicted octanol–water partition coefficient (Wildman–Crippen LogP) is 3.91. The molecular formula is C23H25N5O2. The number of nitrogens with two attached hydrogens (primary N) is 1. The molecule has 0 bridgehead atoms. The number of amides is 1. The van der Waals surface area contributed by atoms with E-state index >= 15 is 0 Å². The lowest BCUT2D eigenvalue weighted by molar-refractivity contribution is 0.0953. The number of ether oxygens (including phenoxy) is 1. The van der Waals surface area contributed by atoms with Crippen LogP contribution in [0.5, 0.6) is 5.75 Å². The number of carbonyl (C=O) groups excluding carboxylic acids is 1. The highest BCUT2D eigenvalue weighted by Gasteiger charge is 2.23. The molecule has 3 N–H and O–H groups in total. The summed E-state index contributed by atoms with van der Waals surface area (Å²) in [6.07, 6.45) is 1.94. The summed E-state index contributed by atoms with van der Waals surface area (Å²) in [4.78, 5) is 22.7. The second-order valence-electron chi connectivity index (χ2n) is 7.14. The highest BCUT2D eigenvalue weighted by Crippen LogP contribution is 2.28. The summed E-state index contributed by atoms with van der Waals surface area (Å²) in [5.41, 5.74) is 10.4. The number of aromatic nitrogens is 3. The Kier molecular flexibility index (Phi) is 5.52. The molecule has 2 aromatic heterocycles. The van der Waals surface area contributed by atoms with Gasteiger partial charge in [-0.25, -0.2) is 9.97 Å². The van der Waals surface area contributed by atoms with Crippen LogP contribution in [0.4, 0.5) is 5.82 Å². The quantitative estimate of drug-likeness (QED) is 0.488. The van der Waals surface area contributed by atoms with Crippen molar-refractivity contribution < 1.29 is 9.53 Å². The number of fused-ring (bicyclic) bond motifs is 2. The first-order valence-corrected chi connectivity index (χ1v) is 10.1. The number of nitrogen functional groups attached to an aromatic ring is 1. The van der Waals surface area contributed by atoms with Crippen LogP contribution >= 0.6 is 0 Å². The van der Waals surface area contributed by atoms with Crippen LogP contribution in [0, 0.1) is 0 Å². The lowest BCUT2D eigenvalue weighted by atomic mass is 10.2. The fourth-order valence-electron chi connectivity index (χ4n) is 3.60. The number of unbranched alkanes of at least 4 members (excludes halogenated alkanes) is 1. The van der Waals surface area contributed by atoms with Crippen molar-refractivity contribution in [3.63, 3.8) is 0 Å². The highest BCUT2D eigenvalue weighted by molar-refractivity contribution is 6.10. The first-order valence-electron chi connectivity index (χ1n) is 10.1. The molecule has 7 nitrogen and oxygen atoms in total. The molecule has 0 radical (unpaired) electrons. The Balaban J connectivity index is 1.75. The second kappa shape index (κ2) is 8.41. The first kappa shape index (κ1) is 19.7. The predicted molar refractivity (Wildman–Crippen MR) is 119 cm³/mol. The minimum Gasteiger partial charge on any atom is -0.496 e. The molecule has 0 unspecified atom stereocenters. The largest absolute Gasteiger partial charge is 0.496 e. The Morgan fingerprint density at radius 2 is 1.80 bits per heavy atom. The summed E-state index contributed by atoms with van der Waals surface area (Å²) in [5.74, 6) is 0.844. The van der Waals surface area contributed by atoms with Crippen LogP contribution in [0.1, 0.15) is 35.7 Å².